The van der Waals surface area contributed by atoms with Crippen molar-refractivity contribution in [2.45, 2.75) is 19.8 Å². The van der Waals surface area contributed by atoms with Crippen molar-refractivity contribution in [2.75, 3.05) is 25.4 Å². The fourth-order valence-corrected chi connectivity index (χ4v) is 1.66. The molecule has 94 valence electrons. The summed E-state index contributed by atoms with van der Waals surface area (Å²) < 4.78 is 0. The van der Waals surface area contributed by atoms with Crippen molar-refractivity contribution < 1.29 is 9.59 Å². The molecule has 2 amide bonds. The maximum absolute atomic E-state index is 11.9. The number of nitrogens with two attached hydrogens (primary N) is 1. The highest BCUT2D eigenvalue weighted by Crippen LogP contribution is 2.06. The average molecular weight is 264 g/mol. The summed E-state index contributed by atoms with van der Waals surface area (Å²) in [5.41, 5.74) is 5.14. The quantitative estimate of drug-likeness (QED) is 0.511. The number of amides is 2. The van der Waals surface area contributed by atoms with Crippen molar-refractivity contribution in [1.29, 1.82) is 0 Å². The van der Waals surface area contributed by atoms with Gasteiger partial charge in [0.25, 0.3) is 0 Å². The number of hydrogen-bond acceptors (Lipinski definition) is 2. The molecule has 0 aliphatic carbocycles. The standard InChI is InChI=1S/C10H22N2O2P2/c1-8(9(11)13)10(14)12(4-2-6-15)5-3-7-16/h8H,2-7,15-16H2,1H3,(H2,11,13). The fourth-order valence-electron chi connectivity index (χ4n) is 1.29. The number of primary amides is 1. The molecule has 0 heterocycles. The summed E-state index contributed by atoms with van der Waals surface area (Å²) in [6.45, 7) is 2.97. The molecule has 0 aliphatic rings. The van der Waals surface area contributed by atoms with Gasteiger partial charge < -0.3 is 10.6 Å². The predicted molar refractivity (Wildman–Crippen MR) is 73.3 cm³/mol. The van der Waals surface area contributed by atoms with Gasteiger partial charge in [0.05, 0.1) is 0 Å². The zero-order valence-corrected chi connectivity index (χ0v) is 12.1. The van der Waals surface area contributed by atoms with Crippen LogP contribution in [0.25, 0.3) is 0 Å². The zero-order valence-electron chi connectivity index (χ0n) is 9.82. The van der Waals surface area contributed by atoms with E-state index in [2.05, 4.69) is 18.5 Å². The first kappa shape index (κ1) is 15.8. The number of nitrogens with zero attached hydrogens (tertiary/aromatic N) is 1. The van der Waals surface area contributed by atoms with Gasteiger partial charge in [-0.05, 0) is 32.1 Å². The van der Waals surface area contributed by atoms with Crippen molar-refractivity contribution in [1.82, 2.24) is 4.90 Å². The summed E-state index contributed by atoms with van der Waals surface area (Å²) >= 11 is 0. The number of hydrogen-bond donors (Lipinski definition) is 1. The monoisotopic (exact) mass is 264 g/mol. The Morgan fingerprint density at radius 1 is 1.19 bits per heavy atom. The van der Waals surface area contributed by atoms with Crippen LogP contribution < -0.4 is 5.73 Å². The van der Waals surface area contributed by atoms with Crippen LogP contribution in [0.5, 0.6) is 0 Å². The molecule has 16 heavy (non-hydrogen) atoms. The Labute approximate surface area is 102 Å². The molecule has 0 aliphatic heterocycles. The lowest BCUT2D eigenvalue weighted by Gasteiger charge is -2.24. The summed E-state index contributed by atoms with van der Waals surface area (Å²) in [4.78, 5) is 24.6. The van der Waals surface area contributed by atoms with Crippen LogP contribution >= 0.6 is 18.5 Å². The summed E-state index contributed by atoms with van der Waals surface area (Å²) in [6.07, 6.45) is 3.77. The van der Waals surface area contributed by atoms with E-state index in [1.54, 1.807) is 11.8 Å². The Morgan fingerprint density at radius 2 is 1.62 bits per heavy atom. The minimum Gasteiger partial charge on any atom is -0.369 e. The maximum atomic E-state index is 11.9. The van der Waals surface area contributed by atoms with Gasteiger partial charge in [-0.15, -0.1) is 18.5 Å². The van der Waals surface area contributed by atoms with Crippen molar-refractivity contribution in [3.63, 3.8) is 0 Å². The lowest BCUT2D eigenvalue weighted by Crippen LogP contribution is -2.41. The van der Waals surface area contributed by atoms with Gasteiger partial charge in [-0.25, -0.2) is 0 Å². The molecular formula is C10H22N2O2P2. The Kier molecular flexibility index (Phi) is 8.78. The number of carbonyl (C=O) groups excluding carboxylic acids is 2. The van der Waals surface area contributed by atoms with Crippen LogP contribution in [0.4, 0.5) is 0 Å². The first-order chi connectivity index (χ1) is 7.54. The van der Waals surface area contributed by atoms with E-state index in [1.807, 2.05) is 0 Å². The van der Waals surface area contributed by atoms with E-state index in [4.69, 9.17) is 5.73 Å². The van der Waals surface area contributed by atoms with Crippen molar-refractivity contribution in [3.05, 3.63) is 0 Å². The topological polar surface area (TPSA) is 63.4 Å². The van der Waals surface area contributed by atoms with Crippen LogP contribution in [-0.2, 0) is 9.59 Å². The van der Waals surface area contributed by atoms with E-state index in [0.717, 1.165) is 25.2 Å². The van der Waals surface area contributed by atoms with E-state index in [0.29, 0.717) is 13.1 Å². The van der Waals surface area contributed by atoms with E-state index < -0.39 is 11.8 Å². The lowest BCUT2D eigenvalue weighted by molar-refractivity contribution is -0.140. The molecular weight excluding hydrogens is 242 g/mol. The van der Waals surface area contributed by atoms with Crippen molar-refractivity contribution in [3.8, 4) is 0 Å². The van der Waals surface area contributed by atoms with Gasteiger partial charge >= 0.3 is 0 Å². The van der Waals surface area contributed by atoms with E-state index >= 15 is 0 Å². The molecule has 2 N–H and O–H groups in total. The van der Waals surface area contributed by atoms with E-state index in [-0.39, 0.29) is 5.91 Å². The Balaban J connectivity index is 4.35. The molecule has 0 saturated carbocycles. The molecule has 3 atom stereocenters. The second-order valence-electron chi connectivity index (χ2n) is 3.73. The lowest BCUT2D eigenvalue weighted by atomic mass is 10.1. The van der Waals surface area contributed by atoms with Crippen LogP contribution in [-0.4, -0.2) is 42.1 Å². The highest BCUT2D eigenvalue weighted by molar-refractivity contribution is 7.16. The second kappa shape index (κ2) is 8.90. The molecule has 0 aromatic heterocycles. The Morgan fingerprint density at radius 3 is 1.94 bits per heavy atom. The van der Waals surface area contributed by atoms with Crippen LogP contribution in [0.3, 0.4) is 0 Å². The first-order valence-corrected chi connectivity index (χ1v) is 7.16. The van der Waals surface area contributed by atoms with Crippen LogP contribution in [0.2, 0.25) is 0 Å². The minimum absolute atomic E-state index is 0.149. The Hall–Kier alpha value is -0.200. The molecule has 0 aromatic rings. The molecule has 0 bridgehead atoms. The molecule has 0 spiro atoms. The van der Waals surface area contributed by atoms with E-state index in [9.17, 15) is 9.59 Å². The van der Waals surface area contributed by atoms with Gasteiger partial charge in [0.15, 0.2) is 0 Å². The predicted octanol–water partition coefficient (Wildman–Crippen LogP) is 0.467. The van der Waals surface area contributed by atoms with Crippen molar-refractivity contribution >= 4 is 30.3 Å². The number of carbonyl (C=O) groups is 2. The molecule has 0 fully saturated rings. The molecule has 3 unspecified atom stereocenters. The van der Waals surface area contributed by atoms with Gasteiger partial charge in [-0.2, -0.15) is 0 Å². The molecule has 4 nitrogen and oxygen atoms in total. The van der Waals surface area contributed by atoms with Crippen LogP contribution in [0.1, 0.15) is 19.8 Å². The van der Waals surface area contributed by atoms with Gasteiger partial charge in [0.1, 0.15) is 5.92 Å². The fraction of sp³-hybridized carbons (Fsp3) is 0.800. The highest BCUT2D eigenvalue weighted by atomic mass is 31.0. The maximum Gasteiger partial charge on any atom is 0.234 e. The van der Waals surface area contributed by atoms with Gasteiger partial charge in [0.2, 0.25) is 11.8 Å². The highest BCUT2D eigenvalue weighted by Gasteiger charge is 2.23. The zero-order chi connectivity index (χ0) is 12.6. The van der Waals surface area contributed by atoms with Gasteiger partial charge in [-0.3, -0.25) is 9.59 Å². The molecule has 0 rings (SSSR count). The van der Waals surface area contributed by atoms with Gasteiger partial charge in [0, 0.05) is 13.1 Å². The summed E-state index contributed by atoms with van der Waals surface area (Å²) in [5.74, 6) is -1.41. The van der Waals surface area contributed by atoms with Crippen molar-refractivity contribution in [2.24, 2.45) is 11.7 Å². The Bertz CT molecular complexity index is 229. The SMILES string of the molecule is CC(C(N)=O)C(=O)N(CCCP)CCCP. The smallest absolute Gasteiger partial charge is 0.234 e. The third-order valence-electron chi connectivity index (χ3n) is 2.37. The summed E-state index contributed by atoms with van der Waals surface area (Å²) in [7, 11) is 5.27. The molecule has 6 heteroatoms. The normalized spacial score (nSPS) is 12.2. The third-order valence-corrected chi connectivity index (χ3v) is 3.19. The minimum atomic E-state index is -0.714. The van der Waals surface area contributed by atoms with Crippen LogP contribution in [0, 0.1) is 5.92 Å². The summed E-state index contributed by atoms with van der Waals surface area (Å²) in [5, 5.41) is 0. The second-order valence-corrected chi connectivity index (χ2v) is 4.89. The molecule has 0 aromatic carbocycles. The molecule has 0 saturated heterocycles. The average Bonchev–Trinajstić information content (AvgIpc) is 2.27. The largest absolute Gasteiger partial charge is 0.369 e. The molecule has 0 radical (unpaired) electrons. The van der Waals surface area contributed by atoms with Gasteiger partial charge in [-0.1, -0.05) is 0 Å². The third kappa shape index (κ3) is 5.77. The van der Waals surface area contributed by atoms with E-state index in [1.165, 1.54) is 0 Å². The summed E-state index contributed by atoms with van der Waals surface area (Å²) in [6, 6.07) is 0. The van der Waals surface area contributed by atoms with Crippen LogP contribution in [0.15, 0.2) is 0 Å². The number of rotatable bonds is 8. The first-order valence-electron chi connectivity index (χ1n) is 5.52.